The summed E-state index contributed by atoms with van der Waals surface area (Å²) in [5.41, 5.74) is 2.32. The maximum absolute atomic E-state index is 12.0. The molecule has 3 heteroatoms. The van der Waals surface area contributed by atoms with E-state index in [0.29, 0.717) is 13.1 Å². The number of amides is 1. The second-order valence-electron chi connectivity index (χ2n) is 5.93. The van der Waals surface area contributed by atoms with Gasteiger partial charge in [0, 0.05) is 12.6 Å². The van der Waals surface area contributed by atoms with Crippen molar-refractivity contribution < 1.29 is 4.79 Å². The average molecular weight is 318 g/mol. The first-order valence-corrected chi connectivity index (χ1v) is 8.26. The Kier molecular flexibility index (Phi) is 5.24. The number of carbonyl (C=O) groups excluding carboxylic acids is 1. The summed E-state index contributed by atoms with van der Waals surface area (Å²) in [6, 6.07) is 24.6. The van der Waals surface area contributed by atoms with Gasteiger partial charge in [0.05, 0.1) is 6.54 Å². The fourth-order valence-corrected chi connectivity index (χ4v) is 2.84. The van der Waals surface area contributed by atoms with Gasteiger partial charge in [0.15, 0.2) is 0 Å². The zero-order valence-corrected chi connectivity index (χ0v) is 13.8. The third kappa shape index (κ3) is 4.00. The second kappa shape index (κ2) is 7.75. The van der Waals surface area contributed by atoms with E-state index in [4.69, 9.17) is 0 Å². The molecule has 0 fully saturated rings. The molecule has 3 nitrogen and oxygen atoms in total. The van der Waals surface area contributed by atoms with Crippen molar-refractivity contribution in [3.63, 3.8) is 0 Å². The molecule has 0 radical (unpaired) electrons. The molecule has 0 aliphatic rings. The van der Waals surface area contributed by atoms with E-state index < -0.39 is 0 Å². The highest BCUT2D eigenvalue weighted by molar-refractivity contribution is 5.86. The van der Waals surface area contributed by atoms with Gasteiger partial charge < -0.3 is 10.6 Å². The van der Waals surface area contributed by atoms with Gasteiger partial charge in [-0.15, -0.1) is 0 Å². The van der Waals surface area contributed by atoms with Crippen LogP contribution in [0.2, 0.25) is 0 Å². The van der Waals surface area contributed by atoms with E-state index >= 15 is 0 Å². The van der Waals surface area contributed by atoms with E-state index in [2.05, 4.69) is 47.9 Å². The van der Waals surface area contributed by atoms with E-state index in [0.717, 1.165) is 5.56 Å². The quantitative estimate of drug-likeness (QED) is 0.726. The van der Waals surface area contributed by atoms with Crippen molar-refractivity contribution in [2.75, 3.05) is 6.54 Å². The van der Waals surface area contributed by atoms with Gasteiger partial charge >= 0.3 is 0 Å². The number of hydrogen-bond donors (Lipinski definition) is 2. The van der Waals surface area contributed by atoms with Crippen molar-refractivity contribution in [2.24, 2.45) is 0 Å². The van der Waals surface area contributed by atoms with Crippen molar-refractivity contribution in [2.45, 2.75) is 19.5 Å². The molecule has 0 saturated carbocycles. The highest BCUT2D eigenvalue weighted by Crippen LogP contribution is 2.23. The average Bonchev–Trinajstić information content (AvgIpc) is 2.64. The van der Waals surface area contributed by atoms with E-state index in [-0.39, 0.29) is 11.9 Å². The molecule has 3 aromatic carbocycles. The number of fused-ring (bicyclic) bond motifs is 1. The number of rotatable bonds is 6. The minimum absolute atomic E-state index is 0.00550. The Balaban J connectivity index is 1.56. The third-order valence-corrected chi connectivity index (χ3v) is 4.19. The van der Waals surface area contributed by atoms with Crippen LogP contribution in [0.5, 0.6) is 0 Å². The number of nitrogens with one attached hydrogen (secondary N) is 2. The lowest BCUT2D eigenvalue weighted by Gasteiger charge is -2.16. The Morgan fingerprint density at radius 2 is 1.62 bits per heavy atom. The molecule has 1 amide bonds. The Morgan fingerprint density at radius 1 is 0.917 bits per heavy atom. The van der Waals surface area contributed by atoms with Crippen molar-refractivity contribution in [1.29, 1.82) is 0 Å². The topological polar surface area (TPSA) is 41.1 Å². The molecule has 0 saturated heterocycles. The summed E-state index contributed by atoms with van der Waals surface area (Å²) in [7, 11) is 0. The van der Waals surface area contributed by atoms with Crippen LogP contribution in [0.25, 0.3) is 10.8 Å². The molecule has 3 rings (SSSR count). The van der Waals surface area contributed by atoms with E-state index in [1.54, 1.807) is 0 Å². The van der Waals surface area contributed by atoms with Crippen LogP contribution in [0.3, 0.4) is 0 Å². The zero-order valence-electron chi connectivity index (χ0n) is 13.8. The van der Waals surface area contributed by atoms with Gasteiger partial charge in [-0.05, 0) is 28.8 Å². The van der Waals surface area contributed by atoms with E-state index in [1.807, 2.05) is 42.5 Å². The maximum Gasteiger partial charge on any atom is 0.234 e. The minimum atomic E-state index is 0.00550. The molecule has 1 atom stereocenters. The van der Waals surface area contributed by atoms with Crippen LogP contribution in [0.1, 0.15) is 24.1 Å². The van der Waals surface area contributed by atoms with Crippen molar-refractivity contribution >= 4 is 16.7 Å². The molecule has 0 unspecified atom stereocenters. The summed E-state index contributed by atoms with van der Waals surface area (Å²) in [6.45, 7) is 2.95. The van der Waals surface area contributed by atoms with Gasteiger partial charge in [-0.3, -0.25) is 4.79 Å². The van der Waals surface area contributed by atoms with Gasteiger partial charge in [-0.1, -0.05) is 72.8 Å². The number of benzene rings is 3. The zero-order chi connectivity index (χ0) is 16.8. The number of hydrogen-bond acceptors (Lipinski definition) is 2. The fraction of sp³-hybridized carbons (Fsp3) is 0.190. The Bertz CT molecular complexity index is 809. The standard InChI is InChI=1S/C21H22N2O/c1-16(19-13-7-11-18-10-5-6-12-20(18)19)22-15-21(24)23-14-17-8-3-2-4-9-17/h2-13,16,22H,14-15H2,1H3,(H,23,24)/t16-/m1/s1. The van der Waals surface area contributed by atoms with Gasteiger partial charge in [-0.2, -0.15) is 0 Å². The predicted octanol–water partition coefficient (Wildman–Crippen LogP) is 3.81. The SMILES string of the molecule is C[C@@H](NCC(=O)NCc1ccccc1)c1cccc2ccccc12. The molecule has 0 aliphatic heterocycles. The molecule has 0 aromatic heterocycles. The summed E-state index contributed by atoms with van der Waals surface area (Å²) in [5, 5.41) is 8.70. The molecule has 24 heavy (non-hydrogen) atoms. The monoisotopic (exact) mass is 318 g/mol. The molecule has 0 aliphatic carbocycles. The third-order valence-electron chi connectivity index (χ3n) is 4.19. The molecule has 0 spiro atoms. The van der Waals surface area contributed by atoms with Gasteiger partial charge in [0.2, 0.25) is 5.91 Å². The van der Waals surface area contributed by atoms with Crippen molar-refractivity contribution in [3.05, 3.63) is 83.9 Å². The molecular formula is C21H22N2O. The highest BCUT2D eigenvalue weighted by atomic mass is 16.1. The largest absolute Gasteiger partial charge is 0.351 e. The molecule has 122 valence electrons. The van der Waals surface area contributed by atoms with Crippen LogP contribution in [-0.4, -0.2) is 12.5 Å². The summed E-state index contributed by atoms with van der Waals surface area (Å²) in [5.74, 6) is 0.00550. The Morgan fingerprint density at radius 3 is 2.46 bits per heavy atom. The summed E-state index contributed by atoms with van der Waals surface area (Å²) < 4.78 is 0. The fourth-order valence-electron chi connectivity index (χ4n) is 2.84. The number of carbonyl (C=O) groups is 1. The van der Waals surface area contributed by atoms with E-state index in [9.17, 15) is 4.79 Å². The smallest absolute Gasteiger partial charge is 0.234 e. The van der Waals surface area contributed by atoms with Crippen LogP contribution in [-0.2, 0) is 11.3 Å². The predicted molar refractivity (Wildman–Crippen MR) is 98.7 cm³/mol. The molecular weight excluding hydrogens is 296 g/mol. The normalized spacial score (nSPS) is 12.0. The van der Waals surface area contributed by atoms with E-state index in [1.165, 1.54) is 16.3 Å². The van der Waals surface area contributed by atoms with Crippen LogP contribution in [0.4, 0.5) is 0 Å². The van der Waals surface area contributed by atoms with Crippen molar-refractivity contribution in [1.82, 2.24) is 10.6 Å². The molecule has 0 bridgehead atoms. The Hall–Kier alpha value is -2.65. The lowest BCUT2D eigenvalue weighted by atomic mass is 10.00. The molecule has 0 heterocycles. The summed E-state index contributed by atoms with van der Waals surface area (Å²) in [6.07, 6.45) is 0. The van der Waals surface area contributed by atoms with Gasteiger partial charge in [0.25, 0.3) is 0 Å². The van der Waals surface area contributed by atoms with Crippen LogP contribution in [0.15, 0.2) is 72.8 Å². The van der Waals surface area contributed by atoms with Crippen LogP contribution in [0, 0.1) is 0 Å². The summed E-state index contributed by atoms with van der Waals surface area (Å²) in [4.78, 5) is 12.0. The maximum atomic E-state index is 12.0. The first-order chi connectivity index (χ1) is 11.7. The van der Waals surface area contributed by atoms with Gasteiger partial charge in [0.1, 0.15) is 0 Å². The summed E-state index contributed by atoms with van der Waals surface area (Å²) >= 11 is 0. The second-order valence-corrected chi connectivity index (χ2v) is 5.93. The van der Waals surface area contributed by atoms with Gasteiger partial charge in [-0.25, -0.2) is 0 Å². The first-order valence-electron chi connectivity index (χ1n) is 8.26. The van der Waals surface area contributed by atoms with Crippen molar-refractivity contribution in [3.8, 4) is 0 Å². The minimum Gasteiger partial charge on any atom is -0.351 e. The first kappa shape index (κ1) is 16.2. The molecule has 2 N–H and O–H groups in total. The van der Waals surface area contributed by atoms with Crippen LogP contribution >= 0.6 is 0 Å². The van der Waals surface area contributed by atoms with Crippen LogP contribution < -0.4 is 10.6 Å². The Labute approximate surface area is 142 Å². The lowest BCUT2D eigenvalue weighted by Crippen LogP contribution is -2.34. The molecule has 3 aromatic rings. The lowest BCUT2D eigenvalue weighted by molar-refractivity contribution is -0.120. The highest BCUT2D eigenvalue weighted by Gasteiger charge is 2.10.